The number of carbonyl (C=O) groups is 1. The number of nitrogens with one attached hydrogen (secondary N) is 1. The molecule has 1 aliphatic rings. The van der Waals surface area contributed by atoms with Gasteiger partial charge in [0, 0.05) is 0 Å². The van der Waals surface area contributed by atoms with Crippen LogP contribution in [0.4, 0.5) is 4.39 Å². The summed E-state index contributed by atoms with van der Waals surface area (Å²) >= 11 is 1.68. The fourth-order valence-corrected chi connectivity index (χ4v) is 2.88. The Labute approximate surface area is 117 Å². The maximum Gasteiger partial charge on any atom is 0.237 e. The minimum Gasteiger partial charge on any atom is -0.348 e. The molecule has 3 nitrogen and oxygen atoms in total. The highest BCUT2D eigenvalue weighted by molar-refractivity contribution is 7.98. The number of thioether (sulfide) groups is 1. The summed E-state index contributed by atoms with van der Waals surface area (Å²) in [6.45, 7) is 0. The highest BCUT2D eigenvalue weighted by Crippen LogP contribution is 2.31. The van der Waals surface area contributed by atoms with E-state index in [4.69, 9.17) is 5.73 Å². The van der Waals surface area contributed by atoms with Gasteiger partial charge in [-0.25, -0.2) is 4.39 Å². The van der Waals surface area contributed by atoms with Gasteiger partial charge in [0.15, 0.2) is 0 Å². The number of hydrogen-bond donors (Lipinski definition) is 2. The lowest BCUT2D eigenvalue weighted by atomic mass is 10.1. The van der Waals surface area contributed by atoms with Crippen LogP contribution in [0, 0.1) is 5.82 Å². The second kappa shape index (κ2) is 6.39. The van der Waals surface area contributed by atoms with Crippen molar-refractivity contribution in [2.75, 3.05) is 12.0 Å². The van der Waals surface area contributed by atoms with Crippen molar-refractivity contribution in [2.24, 2.45) is 5.73 Å². The van der Waals surface area contributed by atoms with Gasteiger partial charge in [-0.15, -0.1) is 0 Å². The summed E-state index contributed by atoms with van der Waals surface area (Å²) in [4.78, 5) is 12.0. The van der Waals surface area contributed by atoms with Gasteiger partial charge in [0.1, 0.15) is 5.82 Å². The summed E-state index contributed by atoms with van der Waals surface area (Å²) in [5.41, 5.74) is 7.85. The molecule has 0 bridgehead atoms. The molecule has 1 aromatic carbocycles. The third kappa shape index (κ3) is 3.48. The number of halogens is 1. The van der Waals surface area contributed by atoms with Crippen molar-refractivity contribution in [1.29, 1.82) is 0 Å². The van der Waals surface area contributed by atoms with Crippen LogP contribution in [0.1, 0.15) is 30.0 Å². The first-order valence-electron chi connectivity index (χ1n) is 6.45. The molecule has 0 saturated heterocycles. The Hall–Kier alpha value is -1.07. The highest BCUT2D eigenvalue weighted by atomic mass is 32.2. The van der Waals surface area contributed by atoms with Crippen molar-refractivity contribution in [3.63, 3.8) is 0 Å². The maximum absolute atomic E-state index is 13.1. The lowest BCUT2D eigenvalue weighted by Crippen LogP contribution is -2.42. The molecule has 2 rings (SSSR count). The molecular formula is C14H19FN2OS. The van der Waals surface area contributed by atoms with Gasteiger partial charge >= 0.3 is 0 Å². The normalized spacial score (nSPS) is 19.0. The topological polar surface area (TPSA) is 55.1 Å². The van der Waals surface area contributed by atoms with Crippen LogP contribution in [0.3, 0.4) is 0 Å². The SMILES string of the molecule is CSCC[C@H](N)C(=O)NC1CCc2cc(F)ccc21. The standard InChI is InChI=1S/C14H19FN2OS/c1-19-7-6-12(16)14(18)17-13-5-2-9-8-10(15)3-4-11(9)13/h3-4,8,12-13H,2,5-7,16H2,1H3,(H,17,18)/t12-,13?/m0/s1. The zero-order valence-corrected chi connectivity index (χ0v) is 11.8. The Kier molecular flexibility index (Phi) is 4.82. The van der Waals surface area contributed by atoms with Crippen LogP contribution in [-0.2, 0) is 11.2 Å². The number of hydrogen-bond acceptors (Lipinski definition) is 3. The number of nitrogens with two attached hydrogens (primary N) is 1. The van der Waals surface area contributed by atoms with Crippen molar-refractivity contribution in [1.82, 2.24) is 5.32 Å². The predicted molar refractivity (Wildman–Crippen MR) is 76.6 cm³/mol. The van der Waals surface area contributed by atoms with Crippen molar-refractivity contribution >= 4 is 17.7 Å². The summed E-state index contributed by atoms with van der Waals surface area (Å²) in [6, 6.07) is 4.27. The molecule has 0 radical (unpaired) electrons. The van der Waals surface area contributed by atoms with Gasteiger partial charge in [-0.2, -0.15) is 11.8 Å². The van der Waals surface area contributed by atoms with Gasteiger partial charge in [-0.3, -0.25) is 4.79 Å². The summed E-state index contributed by atoms with van der Waals surface area (Å²) in [5.74, 6) is 0.541. The van der Waals surface area contributed by atoms with Gasteiger partial charge in [0.05, 0.1) is 12.1 Å². The van der Waals surface area contributed by atoms with E-state index in [1.54, 1.807) is 23.9 Å². The van der Waals surface area contributed by atoms with Crippen LogP contribution >= 0.6 is 11.8 Å². The Morgan fingerprint density at radius 2 is 2.42 bits per heavy atom. The lowest BCUT2D eigenvalue weighted by Gasteiger charge is -2.17. The molecule has 1 aliphatic carbocycles. The van der Waals surface area contributed by atoms with Gasteiger partial charge in [0.25, 0.3) is 0 Å². The monoisotopic (exact) mass is 282 g/mol. The lowest BCUT2D eigenvalue weighted by molar-refractivity contribution is -0.123. The zero-order chi connectivity index (χ0) is 13.8. The molecule has 5 heteroatoms. The third-order valence-corrected chi connectivity index (χ3v) is 4.11. The van der Waals surface area contributed by atoms with Crippen LogP contribution in [0.5, 0.6) is 0 Å². The van der Waals surface area contributed by atoms with E-state index < -0.39 is 6.04 Å². The molecule has 1 aromatic rings. The van der Waals surface area contributed by atoms with E-state index in [1.807, 2.05) is 6.26 Å². The molecule has 0 aromatic heterocycles. The summed E-state index contributed by atoms with van der Waals surface area (Å²) < 4.78 is 13.1. The third-order valence-electron chi connectivity index (χ3n) is 3.47. The largest absolute Gasteiger partial charge is 0.348 e. The average molecular weight is 282 g/mol. The van der Waals surface area contributed by atoms with E-state index in [1.165, 1.54) is 6.07 Å². The Morgan fingerprint density at radius 3 is 3.16 bits per heavy atom. The molecule has 1 unspecified atom stereocenters. The second-order valence-corrected chi connectivity index (χ2v) is 5.82. The molecule has 2 atom stereocenters. The zero-order valence-electron chi connectivity index (χ0n) is 11.0. The Bertz CT molecular complexity index is 467. The van der Waals surface area contributed by atoms with Crippen LogP contribution in [0.15, 0.2) is 18.2 Å². The molecule has 0 saturated carbocycles. The van der Waals surface area contributed by atoms with Crippen molar-refractivity contribution < 1.29 is 9.18 Å². The van der Waals surface area contributed by atoms with Gasteiger partial charge in [-0.1, -0.05) is 6.07 Å². The van der Waals surface area contributed by atoms with E-state index in [0.29, 0.717) is 6.42 Å². The smallest absolute Gasteiger partial charge is 0.237 e. The average Bonchev–Trinajstić information content (AvgIpc) is 2.78. The van der Waals surface area contributed by atoms with Crippen molar-refractivity contribution in [3.05, 3.63) is 35.1 Å². The van der Waals surface area contributed by atoms with Gasteiger partial charge in [-0.05, 0) is 54.5 Å². The Balaban J connectivity index is 1.97. The minimum absolute atomic E-state index is 0.0246. The molecule has 104 valence electrons. The predicted octanol–water partition coefficient (Wildman–Crippen LogP) is 2.01. The first-order chi connectivity index (χ1) is 9.11. The fraction of sp³-hybridized carbons (Fsp3) is 0.500. The molecule has 0 spiro atoms. The molecule has 19 heavy (non-hydrogen) atoms. The van der Waals surface area contributed by atoms with Gasteiger partial charge < -0.3 is 11.1 Å². The highest BCUT2D eigenvalue weighted by Gasteiger charge is 2.25. The second-order valence-electron chi connectivity index (χ2n) is 4.83. The number of fused-ring (bicyclic) bond motifs is 1. The quantitative estimate of drug-likeness (QED) is 0.868. The minimum atomic E-state index is -0.461. The first-order valence-corrected chi connectivity index (χ1v) is 7.84. The molecule has 0 aliphatic heterocycles. The van der Waals surface area contributed by atoms with E-state index in [-0.39, 0.29) is 17.8 Å². The van der Waals surface area contributed by atoms with E-state index in [9.17, 15) is 9.18 Å². The summed E-state index contributed by atoms with van der Waals surface area (Å²) in [5, 5.41) is 2.97. The van der Waals surface area contributed by atoms with Gasteiger partial charge in [0.2, 0.25) is 5.91 Å². The van der Waals surface area contributed by atoms with Crippen LogP contribution < -0.4 is 11.1 Å². The molecular weight excluding hydrogens is 263 g/mol. The number of carbonyl (C=O) groups excluding carboxylic acids is 1. The van der Waals surface area contributed by atoms with E-state index >= 15 is 0 Å². The van der Waals surface area contributed by atoms with E-state index in [0.717, 1.165) is 29.7 Å². The molecule has 3 N–H and O–H groups in total. The first kappa shape index (κ1) is 14.3. The molecule has 0 fully saturated rings. The number of amides is 1. The summed E-state index contributed by atoms with van der Waals surface area (Å²) in [6.07, 6.45) is 4.29. The van der Waals surface area contributed by atoms with E-state index in [2.05, 4.69) is 5.32 Å². The van der Waals surface area contributed by atoms with Crippen molar-refractivity contribution in [2.45, 2.75) is 31.3 Å². The van der Waals surface area contributed by atoms with Crippen molar-refractivity contribution in [3.8, 4) is 0 Å². The number of benzene rings is 1. The number of aryl methyl sites for hydroxylation is 1. The molecule has 0 heterocycles. The Morgan fingerprint density at radius 1 is 1.63 bits per heavy atom. The van der Waals surface area contributed by atoms with Crippen LogP contribution in [0.2, 0.25) is 0 Å². The summed E-state index contributed by atoms with van der Waals surface area (Å²) in [7, 11) is 0. The maximum atomic E-state index is 13.1. The number of rotatable bonds is 5. The van der Waals surface area contributed by atoms with Crippen LogP contribution in [0.25, 0.3) is 0 Å². The van der Waals surface area contributed by atoms with Crippen LogP contribution in [-0.4, -0.2) is 24.0 Å². The molecule has 1 amide bonds. The fourth-order valence-electron chi connectivity index (χ4n) is 2.39.